The van der Waals surface area contributed by atoms with E-state index >= 15 is 0 Å². The largest absolute Gasteiger partial charge is 0.463 e. The lowest BCUT2D eigenvalue weighted by Gasteiger charge is -2.04. The molecule has 0 heterocycles. The third-order valence-electron chi connectivity index (χ3n) is 2.08. The molecule has 0 unspecified atom stereocenters. The summed E-state index contributed by atoms with van der Waals surface area (Å²) < 4.78 is 24.3. The van der Waals surface area contributed by atoms with E-state index in [1.165, 1.54) is 0 Å². The second-order valence-electron chi connectivity index (χ2n) is 4.02. The molecule has 8 nitrogen and oxygen atoms in total. The molecule has 25 heavy (non-hydrogen) atoms. The molecule has 0 spiro atoms. The second kappa shape index (κ2) is 30.8. The van der Waals surface area contributed by atoms with Gasteiger partial charge in [-0.2, -0.15) is 0 Å². The van der Waals surface area contributed by atoms with Crippen molar-refractivity contribution >= 4 is 5.97 Å². The number of rotatable bonds is 14. The van der Waals surface area contributed by atoms with Crippen LogP contribution < -0.4 is 0 Å². The van der Waals surface area contributed by atoms with Gasteiger partial charge in [0.25, 0.3) is 0 Å². The number of hydrogen-bond acceptors (Lipinski definition) is 8. The Morgan fingerprint density at radius 2 is 1.16 bits per heavy atom. The van der Waals surface area contributed by atoms with Gasteiger partial charge in [0.05, 0.1) is 59.5 Å². The van der Waals surface area contributed by atoms with Gasteiger partial charge in [0, 0.05) is 19.3 Å². The third kappa shape index (κ3) is 39.6. The summed E-state index contributed by atoms with van der Waals surface area (Å²) in [6.07, 6.45) is 1.14. The maximum Gasteiger partial charge on any atom is 0.330 e. The molecule has 152 valence electrons. The van der Waals surface area contributed by atoms with Crippen molar-refractivity contribution in [3.63, 3.8) is 0 Å². The number of carbonyl (C=O) groups excluding carboxylic acids is 1. The Morgan fingerprint density at radius 1 is 0.760 bits per heavy atom. The highest BCUT2D eigenvalue weighted by Crippen LogP contribution is 1.80. The first-order chi connectivity index (χ1) is 12.1. The number of aliphatic hydroxyl groups is 2. The molecule has 2 N–H and O–H groups in total. The van der Waals surface area contributed by atoms with Crippen LogP contribution in [-0.4, -0.2) is 88.9 Å². The van der Waals surface area contributed by atoms with Crippen molar-refractivity contribution in [2.75, 3.05) is 72.7 Å². The highest BCUT2D eigenvalue weighted by molar-refractivity contribution is 5.81. The maximum absolute atomic E-state index is 10.1. The van der Waals surface area contributed by atoms with Crippen molar-refractivity contribution < 1.29 is 38.7 Å². The zero-order valence-electron chi connectivity index (χ0n) is 15.9. The lowest BCUT2D eigenvalue weighted by Crippen LogP contribution is -2.11. The number of hydrogen-bond donors (Lipinski definition) is 2. The first-order valence-electron chi connectivity index (χ1n) is 8.46. The fraction of sp³-hybridized carbons (Fsp3) is 0.824. The molecule has 0 aromatic carbocycles. The van der Waals surface area contributed by atoms with Crippen LogP contribution in [0.1, 0.15) is 20.8 Å². The first-order valence-corrected chi connectivity index (χ1v) is 8.46. The average Bonchev–Trinajstić information content (AvgIpc) is 2.62. The van der Waals surface area contributed by atoms with E-state index in [1.807, 2.05) is 13.8 Å². The lowest BCUT2D eigenvalue weighted by molar-refractivity contribution is -0.137. The Labute approximate surface area is 151 Å². The minimum Gasteiger partial charge on any atom is -0.463 e. The molecule has 0 rings (SSSR count). The molecule has 0 aromatic rings. The number of esters is 1. The molecular weight excluding hydrogens is 332 g/mol. The summed E-state index contributed by atoms with van der Waals surface area (Å²) >= 11 is 0. The van der Waals surface area contributed by atoms with Gasteiger partial charge >= 0.3 is 5.97 Å². The molecule has 0 atom stereocenters. The van der Waals surface area contributed by atoms with Crippen molar-refractivity contribution in [2.24, 2.45) is 0 Å². The topological polar surface area (TPSA) is 104 Å². The number of carbonyl (C=O) groups is 1. The maximum atomic E-state index is 10.1. The van der Waals surface area contributed by atoms with E-state index < -0.39 is 0 Å². The Hall–Kier alpha value is -1.03. The van der Waals surface area contributed by atoms with Crippen LogP contribution in [0.2, 0.25) is 0 Å². The van der Waals surface area contributed by atoms with Crippen molar-refractivity contribution in [3.05, 3.63) is 12.7 Å². The van der Waals surface area contributed by atoms with Gasteiger partial charge in [-0.25, -0.2) is 4.79 Å². The van der Waals surface area contributed by atoms with E-state index in [-0.39, 0.29) is 19.2 Å². The van der Waals surface area contributed by atoms with Crippen LogP contribution in [0.5, 0.6) is 0 Å². The van der Waals surface area contributed by atoms with Gasteiger partial charge < -0.3 is 33.9 Å². The van der Waals surface area contributed by atoms with E-state index in [4.69, 9.17) is 29.2 Å². The van der Waals surface area contributed by atoms with Gasteiger partial charge in [-0.05, 0) is 20.8 Å². The summed E-state index contributed by atoms with van der Waals surface area (Å²) in [7, 11) is 0. The van der Waals surface area contributed by atoms with Gasteiger partial charge in [0.1, 0.15) is 0 Å². The molecule has 0 radical (unpaired) electrons. The van der Waals surface area contributed by atoms with Gasteiger partial charge in [-0.1, -0.05) is 6.58 Å². The Bertz CT molecular complexity index is 237. The quantitative estimate of drug-likeness (QED) is 0.264. The lowest BCUT2D eigenvalue weighted by atomic mass is 10.6. The minimum atomic E-state index is -0.359. The van der Waals surface area contributed by atoms with Crippen LogP contribution in [0, 0.1) is 0 Å². The second-order valence-corrected chi connectivity index (χ2v) is 4.02. The predicted octanol–water partition coefficient (Wildman–Crippen LogP) is 0.799. The SMILES string of the molecule is C=CC(=O)OCC.CCOCC.OCCOCCOCCOCCO. The molecular formula is C17H36O8. The summed E-state index contributed by atoms with van der Waals surface area (Å²) in [5, 5.41) is 16.7. The Kier molecular flexibility index (Phi) is 35.4. The number of ether oxygens (including phenoxy) is 5. The summed E-state index contributed by atoms with van der Waals surface area (Å²) in [6, 6.07) is 0. The highest BCUT2D eigenvalue weighted by atomic mass is 16.5. The molecule has 0 aromatic heterocycles. The van der Waals surface area contributed by atoms with E-state index in [2.05, 4.69) is 11.3 Å². The molecule has 0 aliphatic rings. The van der Waals surface area contributed by atoms with Crippen LogP contribution in [0.4, 0.5) is 0 Å². The molecule has 0 aliphatic heterocycles. The average molecular weight is 368 g/mol. The molecule has 0 amide bonds. The molecule has 0 aliphatic carbocycles. The van der Waals surface area contributed by atoms with Crippen LogP contribution in [0.3, 0.4) is 0 Å². The van der Waals surface area contributed by atoms with Gasteiger partial charge in [-0.3, -0.25) is 0 Å². The molecule has 0 saturated carbocycles. The van der Waals surface area contributed by atoms with Crippen LogP contribution in [-0.2, 0) is 28.5 Å². The van der Waals surface area contributed by atoms with Gasteiger partial charge in [0.15, 0.2) is 0 Å². The summed E-state index contributed by atoms with van der Waals surface area (Å²) in [4.78, 5) is 10.1. The van der Waals surface area contributed by atoms with Crippen molar-refractivity contribution in [2.45, 2.75) is 20.8 Å². The summed E-state index contributed by atoms with van der Waals surface area (Å²) in [5.41, 5.74) is 0. The van der Waals surface area contributed by atoms with Crippen molar-refractivity contribution in [1.82, 2.24) is 0 Å². The van der Waals surface area contributed by atoms with Gasteiger partial charge in [0.2, 0.25) is 0 Å². The summed E-state index contributed by atoms with van der Waals surface area (Å²) in [6.45, 7) is 13.8. The van der Waals surface area contributed by atoms with E-state index in [0.717, 1.165) is 19.3 Å². The Morgan fingerprint density at radius 3 is 1.36 bits per heavy atom. The van der Waals surface area contributed by atoms with E-state index in [9.17, 15) is 4.79 Å². The highest BCUT2D eigenvalue weighted by Gasteiger charge is 1.90. The fourth-order valence-corrected chi connectivity index (χ4v) is 1.08. The third-order valence-corrected chi connectivity index (χ3v) is 2.08. The fourth-order valence-electron chi connectivity index (χ4n) is 1.08. The standard InChI is InChI=1S/C8H18O5.C5H8O2.C4H10O/c9-1-3-11-5-7-13-8-6-12-4-2-10;1-3-5(6)7-4-2;1-3-5-4-2/h9-10H,1-8H2;3H,1,4H2,2H3;3-4H2,1-2H3. The minimum absolute atomic E-state index is 0.0413. The van der Waals surface area contributed by atoms with E-state index in [0.29, 0.717) is 46.2 Å². The van der Waals surface area contributed by atoms with Crippen molar-refractivity contribution in [1.29, 1.82) is 0 Å². The Balaban J connectivity index is -0.000000337. The normalized spacial score (nSPS) is 9.32. The van der Waals surface area contributed by atoms with Crippen LogP contribution in [0.15, 0.2) is 12.7 Å². The molecule has 0 saturated heterocycles. The zero-order chi connectivity index (χ0) is 19.6. The molecule has 8 heteroatoms. The summed E-state index contributed by atoms with van der Waals surface area (Å²) in [5.74, 6) is -0.359. The van der Waals surface area contributed by atoms with Crippen LogP contribution >= 0.6 is 0 Å². The predicted molar refractivity (Wildman–Crippen MR) is 95.6 cm³/mol. The van der Waals surface area contributed by atoms with Crippen LogP contribution in [0.25, 0.3) is 0 Å². The zero-order valence-corrected chi connectivity index (χ0v) is 15.9. The number of aliphatic hydroxyl groups excluding tert-OH is 2. The first kappa shape index (κ1) is 28.8. The van der Waals surface area contributed by atoms with Crippen molar-refractivity contribution in [3.8, 4) is 0 Å². The monoisotopic (exact) mass is 368 g/mol. The molecule has 0 bridgehead atoms. The smallest absolute Gasteiger partial charge is 0.330 e. The van der Waals surface area contributed by atoms with E-state index in [1.54, 1.807) is 6.92 Å². The molecule has 0 fully saturated rings. The van der Waals surface area contributed by atoms with Gasteiger partial charge in [-0.15, -0.1) is 0 Å².